The van der Waals surface area contributed by atoms with Gasteiger partial charge in [-0.3, -0.25) is 8.98 Å². The number of carbonyl (C=O) groups is 1. The number of hydrogen-bond donors (Lipinski definition) is 2. The number of allylic oxidation sites excluding steroid dienone is 2. The second-order valence-corrected chi connectivity index (χ2v) is 21.7. The second kappa shape index (κ2) is 21.1. The third-order valence-electron chi connectivity index (χ3n) is 15.2. The highest BCUT2D eigenvalue weighted by atomic mass is 32.2. The zero-order valence-electron chi connectivity index (χ0n) is 40.7. The number of aliphatic hydroxyl groups is 2. The number of carbonyl (C=O) groups excluding carboxylic acids is 1. The summed E-state index contributed by atoms with van der Waals surface area (Å²) in [6, 6.07) is 0. The molecule has 5 saturated heterocycles. The summed E-state index contributed by atoms with van der Waals surface area (Å²) in [5, 5.41) is 22.0. The molecule has 5 fully saturated rings. The van der Waals surface area contributed by atoms with E-state index in [0.717, 1.165) is 24.7 Å². The number of methoxy groups -OCH3 is 2. The summed E-state index contributed by atoms with van der Waals surface area (Å²) in [4.78, 5) is 14.7. The van der Waals surface area contributed by atoms with Gasteiger partial charge in [0.05, 0.1) is 55.6 Å². The van der Waals surface area contributed by atoms with E-state index in [2.05, 4.69) is 26.8 Å². The van der Waals surface area contributed by atoms with E-state index in [9.17, 15) is 23.4 Å². The van der Waals surface area contributed by atoms with E-state index in [-0.39, 0.29) is 24.5 Å². The van der Waals surface area contributed by atoms with Crippen molar-refractivity contribution in [3.63, 3.8) is 0 Å². The van der Waals surface area contributed by atoms with Crippen LogP contribution in [0.1, 0.15) is 107 Å². The normalized spacial score (nSPS) is 47.4. The van der Waals surface area contributed by atoms with Gasteiger partial charge in [-0.1, -0.05) is 64.5 Å². The van der Waals surface area contributed by atoms with Gasteiger partial charge in [0.1, 0.15) is 36.4 Å². The Labute approximate surface area is 391 Å². The molecule has 2 bridgehead atoms. The lowest BCUT2D eigenvalue weighted by Crippen LogP contribution is -2.60. The number of hydrogen-bond acceptors (Lipinski definition) is 16. The van der Waals surface area contributed by atoms with Crippen molar-refractivity contribution in [1.29, 1.82) is 0 Å². The Kier molecular flexibility index (Phi) is 16.5. The molecule has 0 radical (unpaired) electrons. The zero-order chi connectivity index (χ0) is 47.9. The Morgan fingerprint density at radius 1 is 0.924 bits per heavy atom. The third kappa shape index (κ3) is 10.9. The fourth-order valence-corrected chi connectivity index (χ4v) is 12.1. The maximum Gasteiger partial charge on any atom is 0.316 e. The maximum absolute atomic E-state index is 14.7. The Balaban J connectivity index is 1.23. The number of ether oxygens (including phenoxy) is 10. The van der Waals surface area contributed by atoms with Crippen LogP contribution < -0.4 is 0 Å². The van der Waals surface area contributed by atoms with Crippen molar-refractivity contribution in [2.75, 3.05) is 27.1 Å². The summed E-state index contributed by atoms with van der Waals surface area (Å²) < 4.78 is 96.6. The smallest absolute Gasteiger partial charge is 0.316 e. The lowest BCUT2D eigenvalue weighted by atomic mass is 9.71. The molecule has 20 atom stereocenters. The molecule has 7 rings (SSSR count). The predicted octanol–water partition coefficient (Wildman–Crippen LogP) is 5.59. The van der Waals surface area contributed by atoms with E-state index in [1.807, 2.05) is 26.8 Å². The lowest BCUT2D eigenvalue weighted by Gasteiger charge is -2.51. The maximum atomic E-state index is 14.7. The van der Waals surface area contributed by atoms with Gasteiger partial charge in [0.25, 0.3) is 10.1 Å². The molecule has 0 unspecified atom stereocenters. The molecule has 16 nitrogen and oxygen atoms in total. The van der Waals surface area contributed by atoms with Gasteiger partial charge in [-0.15, -0.1) is 0 Å². The summed E-state index contributed by atoms with van der Waals surface area (Å²) in [5.74, 6) is -2.66. The molecule has 17 heteroatoms. The molecule has 0 aromatic carbocycles. The van der Waals surface area contributed by atoms with Crippen molar-refractivity contribution in [2.45, 2.75) is 204 Å². The number of esters is 1. The molecule has 7 aliphatic rings. The molecule has 0 amide bonds. The van der Waals surface area contributed by atoms with Crippen molar-refractivity contribution in [3.8, 4) is 0 Å². The lowest BCUT2D eigenvalue weighted by molar-refractivity contribution is -0.340. The van der Waals surface area contributed by atoms with E-state index in [1.54, 1.807) is 46.3 Å². The summed E-state index contributed by atoms with van der Waals surface area (Å²) in [6.07, 6.45) is 5.78. The topological polar surface area (TPSA) is 193 Å². The molecule has 0 aromatic heterocycles. The molecule has 6 heterocycles. The van der Waals surface area contributed by atoms with E-state index in [0.29, 0.717) is 55.6 Å². The van der Waals surface area contributed by atoms with Gasteiger partial charge < -0.3 is 57.6 Å². The number of rotatable bonds is 10. The Hall–Kier alpha value is -2.10. The van der Waals surface area contributed by atoms with Gasteiger partial charge in [-0.05, 0) is 69.1 Å². The third-order valence-corrected chi connectivity index (χ3v) is 15.8. The van der Waals surface area contributed by atoms with Crippen LogP contribution in [0.5, 0.6) is 0 Å². The van der Waals surface area contributed by atoms with Crippen LogP contribution in [0, 0.1) is 23.7 Å². The molecule has 1 aliphatic carbocycles. The van der Waals surface area contributed by atoms with E-state index in [4.69, 9.17) is 51.6 Å². The van der Waals surface area contributed by atoms with Gasteiger partial charge >= 0.3 is 5.97 Å². The van der Waals surface area contributed by atoms with Crippen molar-refractivity contribution in [2.24, 2.45) is 23.7 Å². The van der Waals surface area contributed by atoms with Gasteiger partial charge in [-0.25, -0.2) is 0 Å². The Bertz CT molecular complexity index is 1930. The van der Waals surface area contributed by atoms with Crippen LogP contribution >= 0.6 is 0 Å². The molecular formula is C49H76O16S. The molecular weight excluding hydrogens is 877 g/mol. The van der Waals surface area contributed by atoms with Crippen LogP contribution in [-0.2, 0) is 66.5 Å². The Morgan fingerprint density at radius 2 is 1.62 bits per heavy atom. The first-order chi connectivity index (χ1) is 31.2. The summed E-state index contributed by atoms with van der Waals surface area (Å²) in [5.41, 5.74) is -0.187. The van der Waals surface area contributed by atoms with Crippen LogP contribution in [0.15, 0.2) is 47.1 Å². The zero-order valence-corrected chi connectivity index (χ0v) is 41.5. The molecule has 2 N–H and O–H groups in total. The fraction of sp³-hybridized carbons (Fsp3) is 0.816. The van der Waals surface area contributed by atoms with Crippen LogP contribution in [0.4, 0.5) is 0 Å². The van der Waals surface area contributed by atoms with Crippen molar-refractivity contribution in [3.05, 3.63) is 47.1 Å². The average molecular weight is 953 g/mol. The van der Waals surface area contributed by atoms with E-state index in [1.165, 1.54) is 0 Å². The number of aliphatic hydroxyl groups excluding tert-OH is 2. The molecule has 66 heavy (non-hydrogen) atoms. The predicted molar refractivity (Wildman–Crippen MR) is 241 cm³/mol. The molecule has 6 aliphatic heterocycles. The van der Waals surface area contributed by atoms with Crippen LogP contribution in [0.3, 0.4) is 0 Å². The largest absolute Gasteiger partial charge is 0.462 e. The molecule has 1 spiro atoms. The van der Waals surface area contributed by atoms with E-state index < -0.39 is 113 Å². The highest BCUT2D eigenvalue weighted by molar-refractivity contribution is 7.86. The van der Waals surface area contributed by atoms with Gasteiger partial charge in [0.2, 0.25) is 0 Å². The van der Waals surface area contributed by atoms with Crippen molar-refractivity contribution in [1.82, 2.24) is 0 Å². The van der Waals surface area contributed by atoms with Crippen LogP contribution in [0.25, 0.3) is 0 Å². The monoisotopic (exact) mass is 952 g/mol. The standard InChI is InChI=1S/C49H76O16S/c1-12-26(2)44-29(5)18-19-48(64-44)24-35-21-34(63-48)17-16-28(4)43(61-40-23-38(56-10)45(32(8)59-40)62-39-22-37(55-9)42(51)31(7)58-39)27(3)14-13-15-33-25-57-46-41(50)30(6)20-36(47(52)60-35)49(33,46)65-66(11,53)54/h13-16,20,26-27,29,31-32,34-46,50-51H,12,17-19,21-25H2,1-11H3/b14-13+,28-16+,33-15+/t26-,27-,29-,31-,32-,34+,35-,36-,37-,38-,39-,40-,41+,42-,43-,44+,45-,46+,48+,49+/m0/s1. The number of fused-ring (bicyclic) bond motifs is 2. The van der Waals surface area contributed by atoms with Crippen LogP contribution in [0.2, 0.25) is 0 Å². The first-order valence-electron chi connectivity index (χ1n) is 24.1. The minimum absolute atomic E-state index is 0.0620. The van der Waals surface area contributed by atoms with Crippen LogP contribution in [-0.4, -0.2) is 149 Å². The first-order valence-corrected chi connectivity index (χ1v) is 25.9. The minimum atomic E-state index is -4.24. The van der Waals surface area contributed by atoms with Gasteiger partial charge in [-0.2, -0.15) is 8.42 Å². The summed E-state index contributed by atoms with van der Waals surface area (Å²) in [7, 11) is -1.04. The van der Waals surface area contributed by atoms with Crippen molar-refractivity contribution >= 4 is 16.1 Å². The van der Waals surface area contributed by atoms with Crippen molar-refractivity contribution < 1.29 is 75.0 Å². The minimum Gasteiger partial charge on any atom is -0.462 e. The Morgan fingerprint density at radius 3 is 2.32 bits per heavy atom. The summed E-state index contributed by atoms with van der Waals surface area (Å²) >= 11 is 0. The first kappa shape index (κ1) is 51.7. The molecule has 374 valence electrons. The second-order valence-electron chi connectivity index (χ2n) is 20.1. The van der Waals surface area contributed by atoms with E-state index >= 15 is 0 Å². The van der Waals surface area contributed by atoms with Gasteiger partial charge in [0.15, 0.2) is 24.0 Å². The average Bonchev–Trinajstić information content (AvgIpc) is 3.62. The molecule has 0 aromatic rings. The molecule has 0 saturated carbocycles. The highest BCUT2D eigenvalue weighted by Crippen LogP contribution is 2.50. The van der Waals surface area contributed by atoms with Gasteiger partial charge in [0, 0.05) is 52.2 Å². The fourth-order valence-electron chi connectivity index (χ4n) is 11.3. The quantitative estimate of drug-likeness (QED) is 0.156. The summed E-state index contributed by atoms with van der Waals surface area (Å²) in [6.45, 7) is 15.9. The highest BCUT2D eigenvalue weighted by Gasteiger charge is 2.64. The SMILES string of the molecule is CC[C@H](C)[C@H]1O[C@]2(CC[C@@H]1C)C[C@@H]1C[C@@H](C/C=C(\C)[C@@H](O[C@H]3C[C@H](OC)[C@@H](O[C@H]4C[C@H](OC)[C@@H](O)[C@H](C)O4)[C@H](C)O3)[C@@H](C)/C=C/C=C3\CO[C@@H]4[C@H](O)C(C)=C[C@@H](C(=O)O1)[C@]34OS(C)(=O)=O)O2.